The molecule has 1 aromatic rings. The summed E-state index contributed by atoms with van der Waals surface area (Å²) >= 11 is 1.78. The second-order valence-corrected chi connectivity index (χ2v) is 4.77. The first kappa shape index (κ1) is 8.68. The lowest BCUT2D eigenvalue weighted by Crippen LogP contribution is -2.36. The van der Waals surface area contributed by atoms with Crippen LogP contribution in [0.25, 0.3) is 0 Å². The van der Waals surface area contributed by atoms with E-state index in [2.05, 4.69) is 15.3 Å². The van der Waals surface area contributed by atoms with Crippen LogP contribution < -0.4 is 4.90 Å². The minimum Gasteiger partial charge on any atom is -0.378 e. The molecule has 1 aliphatic carbocycles. The number of thiazole rings is 1. The SMILES string of the molecule is c1sc(N2CCOCC2)nc1C1CC1. The van der Waals surface area contributed by atoms with E-state index in [1.54, 1.807) is 11.3 Å². The van der Waals surface area contributed by atoms with Crippen molar-refractivity contribution in [3.63, 3.8) is 0 Å². The summed E-state index contributed by atoms with van der Waals surface area (Å²) in [5.74, 6) is 0.779. The molecule has 4 heteroatoms. The van der Waals surface area contributed by atoms with E-state index in [0.717, 1.165) is 32.2 Å². The molecule has 1 aliphatic heterocycles. The molecule has 0 unspecified atom stereocenters. The molecule has 1 saturated carbocycles. The molecular weight excluding hydrogens is 196 g/mol. The molecule has 14 heavy (non-hydrogen) atoms. The second kappa shape index (κ2) is 3.51. The number of hydrogen-bond acceptors (Lipinski definition) is 4. The fourth-order valence-electron chi connectivity index (χ4n) is 1.74. The Bertz CT molecular complexity index is 316. The molecule has 0 N–H and O–H groups in total. The van der Waals surface area contributed by atoms with Gasteiger partial charge in [-0.05, 0) is 12.8 Å². The third-order valence-corrected chi connectivity index (χ3v) is 3.71. The highest BCUT2D eigenvalue weighted by Crippen LogP contribution is 2.41. The second-order valence-electron chi connectivity index (χ2n) is 3.93. The molecule has 0 atom stereocenters. The number of aromatic nitrogens is 1. The predicted molar refractivity (Wildman–Crippen MR) is 57.1 cm³/mol. The highest BCUT2D eigenvalue weighted by molar-refractivity contribution is 7.13. The summed E-state index contributed by atoms with van der Waals surface area (Å²) in [7, 11) is 0. The first-order valence-corrected chi connectivity index (χ1v) is 6.09. The average Bonchev–Trinajstić information content (AvgIpc) is 2.98. The quantitative estimate of drug-likeness (QED) is 0.745. The van der Waals surface area contributed by atoms with Crippen molar-refractivity contribution >= 4 is 16.5 Å². The molecule has 0 spiro atoms. The highest BCUT2D eigenvalue weighted by atomic mass is 32.1. The summed E-state index contributed by atoms with van der Waals surface area (Å²) in [4.78, 5) is 7.02. The van der Waals surface area contributed by atoms with Crippen molar-refractivity contribution in [3.8, 4) is 0 Å². The van der Waals surface area contributed by atoms with Crippen molar-refractivity contribution in [2.24, 2.45) is 0 Å². The molecule has 2 aliphatic rings. The van der Waals surface area contributed by atoms with E-state index in [9.17, 15) is 0 Å². The smallest absolute Gasteiger partial charge is 0.185 e. The van der Waals surface area contributed by atoms with Gasteiger partial charge in [0.05, 0.1) is 18.9 Å². The Labute approximate surface area is 87.7 Å². The van der Waals surface area contributed by atoms with Gasteiger partial charge in [0.2, 0.25) is 0 Å². The monoisotopic (exact) mass is 210 g/mol. The van der Waals surface area contributed by atoms with Crippen LogP contribution in [0.15, 0.2) is 5.38 Å². The van der Waals surface area contributed by atoms with Crippen LogP contribution in [0.1, 0.15) is 24.5 Å². The summed E-state index contributed by atoms with van der Waals surface area (Å²) in [6.07, 6.45) is 2.68. The van der Waals surface area contributed by atoms with Crippen molar-refractivity contribution in [2.75, 3.05) is 31.2 Å². The minimum absolute atomic E-state index is 0.779. The van der Waals surface area contributed by atoms with Gasteiger partial charge in [-0.3, -0.25) is 0 Å². The highest BCUT2D eigenvalue weighted by Gasteiger charge is 2.27. The molecule has 1 saturated heterocycles. The van der Waals surface area contributed by atoms with Crippen molar-refractivity contribution in [3.05, 3.63) is 11.1 Å². The zero-order chi connectivity index (χ0) is 9.38. The summed E-state index contributed by atoms with van der Waals surface area (Å²) < 4.78 is 5.32. The van der Waals surface area contributed by atoms with Gasteiger partial charge < -0.3 is 9.64 Å². The van der Waals surface area contributed by atoms with Gasteiger partial charge in [0.25, 0.3) is 0 Å². The Kier molecular flexibility index (Phi) is 2.18. The predicted octanol–water partition coefficient (Wildman–Crippen LogP) is 1.86. The van der Waals surface area contributed by atoms with E-state index >= 15 is 0 Å². The van der Waals surface area contributed by atoms with Gasteiger partial charge in [-0.1, -0.05) is 0 Å². The number of anilines is 1. The number of rotatable bonds is 2. The lowest BCUT2D eigenvalue weighted by molar-refractivity contribution is 0.122. The van der Waals surface area contributed by atoms with Crippen LogP contribution in [-0.4, -0.2) is 31.3 Å². The first-order chi connectivity index (χ1) is 6.93. The van der Waals surface area contributed by atoms with E-state index < -0.39 is 0 Å². The van der Waals surface area contributed by atoms with Crippen LogP contribution in [0.4, 0.5) is 5.13 Å². The maximum absolute atomic E-state index is 5.32. The van der Waals surface area contributed by atoms with Crippen LogP contribution in [0.5, 0.6) is 0 Å². The van der Waals surface area contributed by atoms with Crippen LogP contribution in [0, 0.1) is 0 Å². The van der Waals surface area contributed by atoms with Crippen LogP contribution in [-0.2, 0) is 4.74 Å². The van der Waals surface area contributed by atoms with E-state index in [1.165, 1.54) is 23.7 Å². The zero-order valence-electron chi connectivity index (χ0n) is 8.11. The first-order valence-electron chi connectivity index (χ1n) is 5.21. The fraction of sp³-hybridized carbons (Fsp3) is 0.700. The van der Waals surface area contributed by atoms with E-state index in [4.69, 9.17) is 4.74 Å². The standard InChI is InChI=1S/C10H14N2OS/c1-2-8(1)9-7-14-10(11-9)12-3-5-13-6-4-12/h7-8H,1-6H2. The molecule has 0 amide bonds. The molecule has 0 radical (unpaired) electrons. The van der Waals surface area contributed by atoms with Gasteiger partial charge in [-0.25, -0.2) is 4.98 Å². The van der Waals surface area contributed by atoms with Gasteiger partial charge in [0.1, 0.15) is 0 Å². The van der Waals surface area contributed by atoms with Crippen LogP contribution in [0.3, 0.4) is 0 Å². The maximum Gasteiger partial charge on any atom is 0.185 e. The van der Waals surface area contributed by atoms with E-state index in [-0.39, 0.29) is 0 Å². The fourth-order valence-corrected chi connectivity index (χ4v) is 2.70. The van der Waals surface area contributed by atoms with Crippen molar-refractivity contribution in [1.29, 1.82) is 0 Å². The third-order valence-electron chi connectivity index (χ3n) is 2.79. The van der Waals surface area contributed by atoms with Gasteiger partial charge in [0.15, 0.2) is 5.13 Å². The number of hydrogen-bond donors (Lipinski definition) is 0. The Balaban J connectivity index is 1.74. The van der Waals surface area contributed by atoms with Crippen molar-refractivity contribution in [2.45, 2.75) is 18.8 Å². The Morgan fingerprint density at radius 1 is 1.36 bits per heavy atom. The molecule has 2 heterocycles. The summed E-state index contributed by atoms with van der Waals surface area (Å²) in [5, 5.41) is 3.41. The molecule has 0 aromatic carbocycles. The number of morpholine rings is 1. The van der Waals surface area contributed by atoms with Gasteiger partial charge in [-0.2, -0.15) is 0 Å². The Morgan fingerprint density at radius 2 is 2.14 bits per heavy atom. The van der Waals surface area contributed by atoms with Gasteiger partial charge in [0, 0.05) is 24.4 Å². The van der Waals surface area contributed by atoms with Crippen LogP contribution in [0.2, 0.25) is 0 Å². The summed E-state index contributed by atoms with van der Waals surface area (Å²) in [6.45, 7) is 3.69. The summed E-state index contributed by atoms with van der Waals surface area (Å²) in [6, 6.07) is 0. The normalized spacial score (nSPS) is 22.7. The molecular formula is C10H14N2OS. The minimum atomic E-state index is 0.779. The Hall–Kier alpha value is -0.610. The molecule has 76 valence electrons. The molecule has 3 rings (SSSR count). The van der Waals surface area contributed by atoms with Crippen LogP contribution >= 0.6 is 11.3 Å². The van der Waals surface area contributed by atoms with Gasteiger partial charge in [-0.15, -0.1) is 11.3 Å². The third kappa shape index (κ3) is 1.64. The van der Waals surface area contributed by atoms with Gasteiger partial charge >= 0.3 is 0 Å². The van der Waals surface area contributed by atoms with Crippen molar-refractivity contribution < 1.29 is 4.74 Å². The maximum atomic E-state index is 5.32. The lowest BCUT2D eigenvalue weighted by atomic mass is 10.3. The van der Waals surface area contributed by atoms with Crippen molar-refractivity contribution in [1.82, 2.24) is 4.98 Å². The van der Waals surface area contributed by atoms with E-state index in [0.29, 0.717) is 0 Å². The largest absolute Gasteiger partial charge is 0.378 e. The summed E-state index contributed by atoms with van der Waals surface area (Å²) in [5.41, 5.74) is 1.32. The topological polar surface area (TPSA) is 25.4 Å². The molecule has 2 fully saturated rings. The molecule has 1 aromatic heterocycles. The molecule has 0 bridgehead atoms. The van der Waals surface area contributed by atoms with E-state index in [1.807, 2.05) is 0 Å². The number of ether oxygens (including phenoxy) is 1. The Morgan fingerprint density at radius 3 is 2.86 bits per heavy atom. The molecule has 3 nitrogen and oxygen atoms in total. The lowest BCUT2D eigenvalue weighted by Gasteiger charge is -2.26. The number of nitrogens with zero attached hydrogens (tertiary/aromatic N) is 2. The zero-order valence-corrected chi connectivity index (χ0v) is 8.92. The average molecular weight is 210 g/mol.